The Morgan fingerprint density at radius 1 is 1.47 bits per heavy atom. The fourth-order valence-corrected chi connectivity index (χ4v) is 1.90. The number of carbonyl (C=O) groups excluding carboxylic acids is 1. The largest absolute Gasteiger partial charge is 0.480 e. The molecule has 6 heteroatoms. The van der Waals surface area contributed by atoms with Gasteiger partial charge in [0.25, 0.3) is 5.91 Å². The summed E-state index contributed by atoms with van der Waals surface area (Å²) in [5.41, 5.74) is 1.31. The second kappa shape index (κ2) is 5.79. The highest BCUT2D eigenvalue weighted by molar-refractivity contribution is 9.10. The number of aliphatic carboxylic acids is 1. The highest BCUT2D eigenvalue weighted by Gasteiger charge is 2.20. The van der Waals surface area contributed by atoms with Gasteiger partial charge in [-0.15, -0.1) is 0 Å². The summed E-state index contributed by atoms with van der Waals surface area (Å²) in [7, 11) is 0. The van der Waals surface area contributed by atoms with Crippen molar-refractivity contribution < 1.29 is 19.8 Å². The van der Waals surface area contributed by atoms with Gasteiger partial charge in [0, 0.05) is 4.47 Å². The minimum Gasteiger partial charge on any atom is -0.480 e. The van der Waals surface area contributed by atoms with Gasteiger partial charge in [-0.05, 0) is 40.5 Å². The van der Waals surface area contributed by atoms with Gasteiger partial charge in [0.2, 0.25) is 0 Å². The average Bonchev–Trinajstić information content (AvgIpc) is 2.24. The highest BCUT2D eigenvalue weighted by Crippen LogP contribution is 2.18. The van der Waals surface area contributed by atoms with Crippen LogP contribution in [0, 0.1) is 6.92 Å². The molecule has 92 valence electrons. The van der Waals surface area contributed by atoms with E-state index >= 15 is 0 Å². The number of rotatable bonds is 4. The smallest absolute Gasteiger partial charge is 0.328 e. The van der Waals surface area contributed by atoms with Crippen LogP contribution in [-0.2, 0) is 4.79 Å². The summed E-state index contributed by atoms with van der Waals surface area (Å²) >= 11 is 3.23. The molecule has 1 aromatic rings. The molecule has 0 unspecified atom stereocenters. The minimum absolute atomic E-state index is 0.329. The second-order valence-electron chi connectivity index (χ2n) is 3.53. The number of halogens is 1. The fraction of sp³-hybridized carbons (Fsp3) is 0.273. The number of carboxylic acids is 1. The van der Waals surface area contributed by atoms with Gasteiger partial charge in [-0.3, -0.25) is 4.79 Å². The van der Waals surface area contributed by atoms with Crippen LogP contribution in [0.3, 0.4) is 0 Å². The van der Waals surface area contributed by atoms with E-state index in [1.165, 1.54) is 0 Å². The molecule has 1 aromatic carbocycles. The zero-order valence-corrected chi connectivity index (χ0v) is 10.7. The van der Waals surface area contributed by atoms with E-state index in [-0.39, 0.29) is 0 Å². The number of hydrogen-bond acceptors (Lipinski definition) is 3. The Morgan fingerprint density at radius 3 is 2.59 bits per heavy atom. The van der Waals surface area contributed by atoms with Crippen molar-refractivity contribution >= 4 is 27.8 Å². The van der Waals surface area contributed by atoms with Gasteiger partial charge < -0.3 is 15.5 Å². The molecule has 17 heavy (non-hydrogen) atoms. The normalized spacial score (nSPS) is 11.9. The van der Waals surface area contributed by atoms with E-state index in [1.807, 2.05) is 6.92 Å². The number of benzene rings is 1. The van der Waals surface area contributed by atoms with Gasteiger partial charge >= 0.3 is 5.97 Å². The number of nitrogens with one attached hydrogen (secondary N) is 1. The summed E-state index contributed by atoms with van der Waals surface area (Å²) in [4.78, 5) is 22.4. The quantitative estimate of drug-likeness (QED) is 0.772. The maximum Gasteiger partial charge on any atom is 0.328 e. The van der Waals surface area contributed by atoms with Gasteiger partial charge in [-0.2, -0.15) is 0 Å². The third kappa shape index (κ3) is 3.54. The lowest BCUT2D eigenvalue weighted by molar-refractivity contribution is -0.140. The SMILES string of the molecule is Cc1ccc(C(=O)N[C@H](CO)C(=O)O)c(Br)c1. The van der Waals surface area contributed by atoms with E-state index in [4.69, 9.17) is 10.2 Å². The van der Waals surface area contributed by atoms with E-state index in [0.29, 0.717) is 10.0 Å². The van der Waals surface area contributed by atoms with Crippen molar-refractivity contribution in [3.8, 4) is 0 Å². The summed E-state index contributed by atoms with van der Waals surface area (Å²) in [5, 5.41) is 19.7. The number of aliphatic hydroxyl groups excluding tert-OH is 1. The Bertz CT molecular complexity index is 447. The first-order chi connectivity index (χ1) is 7.95. The average molecular weight is 302 g/mol. The Kier molecular flexibility index (Phi) is 4.65. The molecule has 0 saturated heterocycles. The molecule has 0 fully saturated rings. The van der Waals surface area contributed by atoms with E-state index < -0.39 is 24.5 Å². The molecule has 0 aliphatic heterocycles. The lowest BCUT2D eigenvalue weighted by atomic mass is 10.1. The van der Waals surface area contributed by atoms with Crippen LogP contribution in [0.4, 0.5) is 0 Å². The van der Waals surface area contributed by atoms with Crippen LogP contribution in [0.2, 0.25) is 0 Å². The third-order valence-corrected chi connectivity index (χ3v) is 2.81. The molecule has 0 bridgehead atoms. The molecule has 0 heterocycles. The van der Waals surface area contributed by atoms with E-state index in [1.54, 1.807) is 18.2 Å². The summed E-state index contributed by atoms with van der Waals surface area (Å²) in [5.74, 6) is -1.82. The van der Waals surface area contributed by atoms with Crippen LogP contribution < -0.4 is 5.32 Å². The van der Waals surface area contributed by atoms with Crippen LogP contribution in [-0.4, -0.2) is 34.7 Å². The number of carboxylic acid groups (broad SMARTS) is 1. The third-order valence-electron chi connectivity index (χ3n) is 2.16. The van der Waals surface area contributed by atoms with Crippen molar-refractivity contribution in [2.24, 2.45) is 0 Å². The van der Waals surface area contributed by atoms with Crippen LogP contribution in [0.25, 0.3) is 0 Å². The number of amides is 1. The molecule has 0 spiro atoms. The maximum atomic E-state index is 11.7. The van der Waals surface area contributed by atoms with E-state index in [9.17, 15) is 9.59 Å². The molecule has 0 saturated carbocycles. The topological polar surface area (TPSA) is 86.6 Å². The molecule has 1 atom stereocenters. The predicted octanol–water partition coefficient (Wildman–Crippen LogP) is 0.933. The van der Waals surface area contributed by atoms with Crippen molar-refractivity contribution in [1.29, 1.82) is 0 Å². The zero-order valence-electron chi connectivity index (χ0n) is 9.11. The van der Waals surface area contributed by atoms with Gasteiger partial charge in [0.15, 0.2) is 6.04 Å². The van der Waals surface area contributed by atoms with E-state index in [2.05, 4.69) is 21.2 Å². The van der Waals surface area contributed by atoms with Gasteiger partial charge in [0.05, 0.1) is 12.2 Å². The van der Waals surface area contributed by atoms with Crippen molar-refractivity contribution in [2.75, 3.05) is 6.61 Å². The number of carbonyl (C=O) groups is 2. The predicted molar refractivity (Wildman–Crippen MR) is 64.9 cm³/mol. The minimum atomic E-state index is -1.30. The Balaban J connectivity index is 2.86. The molecule has 3 N–H and O–H groups in total. The Hall–Kier alpha value is -1.40. The molecular formula is C11H12BrNO4. The first-order valence-corrected chi connectivity index (χ1v) is 5.65. The lowest BCUT2D eigenvalue weighted by Crippen LogP contribution is -2.43. The number of hydrogen-bond donors (Lipinski definition) is 3. The van der Waals surface area contributed by atoms with Crippen molar-refractivity contribution in [3.05, 3.63) is 33.8 Å². The fourth-order valence-electron chi connectivity index (χ4n) is 1.23. The van der Waals surface area contributed by atoms with Crippen molar-refractivity contribution in [1.82, 2.24) is 5.32 Å². The monoisotopic (exact) mass is 301 g/mol. The lowest BCUT2D eigenvalue weighted by Gasteiger charge is -2.12. The van der Waals surface area contributed by atoms with Crippen molar-refractivity contribution in [2.45, 2.75) is 13.0 Å². The van der Waals surface area contributed by atoms with Gasteiger partial charge in [0.1, 0.15) is 0 Å². The molecule has 5 nitrogen and oxygen atoms in total. The van der Waals surface area contributed by atoms with Gasteiger partial charge in [-0.25, -0.2) is 4.79 Å². The molecular weight excluding hydrogens is 290 g/mol. The Morgan fingerprint density at radius 2 is 2.12 bits per heavy atom. The maximum absolute atomic E-state index is 11.7. The van der Waals surface area contributed by atoms with Crippen molar-refractivity contribution in [3.63, 3.8) is 0 Å². The zero-order chi connectivity index (χ0) is 13.0. The summed E-state index contributed by atoms with van der Waals surface area (Å²) < 4.78 is 0.581. The van der Waals surface area contributed by atoms with Crippen LogP contribution in [0.1, 0.15) is 15.9 Å². The molecule has 1 amide bonds. The van der Waals surface area contributed by atoms with Gasteiger partial charge in [-0.1, -0.05) is 6.07 Å². The standard InChI is InChI=1S/C11H12BrNO4/c1-6-2-3-7(8(12)4-6)10(15)13-9(5-14)11(16)17/h2-4,9,14H,5H2,1H3,(H,13,15)(H,16,17)/t9-/m1/s1. The first-order valence-electron chi connectivity index (χ1n) is 4.86. The Labute approximate surface area is 107 Å². The second-order valence-corrected chi connectivity index (χ2v) is 4.38. The summed E-state index contributed by atoms with van der Waals surface area (Å²) in [6, 6.07) is 3.79. The molecule has 1 rings (SSSR count). The summed E-state index contributed by atoms with van der Waals surface area (Å²) in [6.07, 6.45) is 0. The van der Waals surface area contributed by atoms with Crippen LogP contribution in [0.15, 0.2) is 22.7 Å². The van der Waals surface area contributed by atoms with E-state index in [0.717, 1.165) is 5.56 Å². The molecule has 0 aliphatic carbocycles. The first kappa shape index (κ1) is 13.7. The number of aliphatic hydroxyl groups is 1. The highest BCUT2D eigenvalue weighted by atomic mass is 79.9. The number of aryl methyl sites for hydroxylation is 1. The molecule has 0 aromatic heterocycles. The molecule has 0 radical (unpaired) electrons. The summed E-state index contributed by atoms with van der Waals surface area (Å²) in [6.45, 7) is 1.23. The van der Waals surface area contributed by atoms with Crippen LogP contribution >= 0.6 is 15.9 Å². The van der Waals surface area contributed by atoms with Crippen LogP contribution in [0.5, 0.6) is 0 Å². The molecule has 0 aliphatic rings.